The molecule has 23 nitrogen and oxygen atoms in total. The number of phosphoric ester groups is 2. The Kier molecular flexibility index (Phi) is 8.14. The van der Waals surface area contributed by atoms with E-state index in [9.17, 15) is 24.1 Å². The molecule has 254 valence electrons. The number of hydrogen-bond acceptors (Lipinski definition) is 20. The lowest BCUT2D eigenvalue weighted by atomic mass is 10.1. The van der Waals surface area contributed by atoms with Gasteiger partial charge in [0, 0.05) is 14.2 Å². The van der Waals surface area contributed by atoms with Crippen LogP contribution in [0.15, 0.2) is 23.8 Å². The molecule has 4 aromatic heterocycles. The van der Waals surface area contributed by atoms with E-state index >= 15 is 0 Å². The number of imidazole rings is 2. The highest BCUT2D eigenvalue weighted by Gasteiger charge is 2.54. The van der Waals surface area contributed by atoms with Gasteiger partial charge in [0.2, 0.25) is 5.95 Å². The van der Waals surface area contributed by atoms with Crippen molar-refractivity contribution in [2.75, 3.05) is 38.9 Å². The first-order valence-corrected chi connectivity index (χ1v) is 16.7. The molecule has 0 aliphatic carbocycles. The van der Waals surface area contributed by atoms with Crippen molar-refractivity contribution in [1.29, 1.82) is 0 Å². The number of phosphoric acid groups is 2. The summed E-state index contributed by atoms with van der Waals surface area (Å²) in [5, 5.41) is 22.6. The summed E-state index contributed by atoms with van der Waals surface area (Å²) in [6, 6.07) is 0. The van der Waals surface area contributed by atoms with Crippen LogP contribution in [0.25, 0.3) is 22.3 Å². The number of aliphatic hydroxyl groups excluding tert-OH is 2. The van der Waals surface area contributed by atoms with Crippen LogP contribution in [-0.4, -0.2) is 113 Å². The number of ether oxygens (including phenoxy) is 2. The fourth-order valence-corrected chi connectivity index (χ4v) is 7.67. The summed E-state index contributed by atoms with van der Waals surface area (Å²) in [5.41, 5.74) is 11.2. The van der Waals surface area contributed by atoms with Gasteiger partial charge in [-0.3, -0.25) is 46.1 Å². The third kappa shape index (κ3) is 5.53. The van der Waals surface area contributed by atoms with Crippen LogP contribution in [0.2, 0.25) is 0 Å². The Morgan fingerprint density at radius 2 is 1.38 bits per heavy atom. The van der Waals surface area contributed by atoms with Crippen LogP contribution in [0.1, 0.15) is 12.5 Å². The van der Waals surface area contributed by atoms with Gasteiger partial charge in [0.25, 0.3) is 5.56 Å². The van der Waals surface area contributed by atoms with E-state index in [4.69, 9.17) is 48.1 Å². The normalized spacial score (nSPS) is 36.6. The molecule has 7 heterocycles. The number of nitrogens with one attached hydrogen (secondary N) is 1. The Morgan fingerprint density at radius 3 is 1.94 bits per heavy atom. The number of nitrogens with zero attached hydrogens (tertiary/aromatic N) is 7. The van der Waals surface area contributed by atoms with Crippen LogP contribution >= 0.6 is 15.6 Å². The molecule has 7 N–H and O–H groups in total. The largest absolute Gasteiger partial charge is 0.475 e. The minimum atomic E-state index is -4.58. The number of nitrogens with two attached hydrogens (primary N) is 2. The lowest BCUT2D eigenvalue weighted by Crippen LogP contribution is -2.38. The number of fused-ring (bicyclic) bond motifs is 6. The van der Waals surface area contributed by atoms with E-state index in [2.05, 4.69) is 29.9 Å². The highest BCUT2D eigenvalue weighted by atomic mass is 31.2. The molecule has 4 aromatic rings. The number of aromatic amines is 1. The van der Waals surface area contributed by atoms with Crippen LogP contribution in [0.5, 0.6) is 0 Å². The Hall–Kier alpha value is -3.44. The minimum absolute atomic E-state index is 0.0606. The molecule has 3 saturated heterocycles. The van der Waals surface area contributed by atoms with Crippen LogP contribution in [0.4, 0.5) is 11.8 Å². The molecule has 7 rings (SSSR count). The maximum atomic E-state index is 13.8. The van der Waals surface area contributed by atoms with E-state index in [0.717, 1.165) is 14.2 Å². The lowest BCUT2D eigenvalue weighted by molar-refractivity contribution is -0.0692. The summed E-state index contributed by atoms with van der Waals surface area (Å²) in [7, 11) is -7.07. The number of anilines is 2. The quantitative estimate of drug-likeness (QED) is 0.159. The first kappa shape index (κ1) is 32.1. The summed E-state index contributed by atoms with van der Waals surface area (Å²) in [6.07, 6.45) is -7.98. The Morgan fingerprint density at radius 1 is 0.851 bits per heavy atom. The molecular weight excluding hydrogens is 674 g/mol. The predicted octanol–water partition coefficient (Wildman–Crippen LogP) is -1.03. The van der Waals surface area contributed by atoms with Crippen molar-refractivity contribution in [3.63, 3.8) is 0 Å². The highest BCUT2D eigenvalue weighted by molar-refractivity contribution is 7.48. The Balaban J connectivity index is 1.26. The van der Waals surface area contributed by atoms with Gasteiger partial charge in [-0.15, -0.1) is 0 Å². The second kappa shape index (κ2) is 11.9. The van der Waals surface area contributed by atoms with Crippen LogP contribution in [0, 0.1) is 0 Å². The van der Waals surface area contributed by atoms with E-state index in [1.807, 2.05) is 0 Å². The van der Waals surface area contributed by atoms with Gasteiger partial charge in [0.05, 0.1) is 25.9 Å². The van der Waals surface area contributed by atoms with Crippen molar-refractivity contribution in [3.8, 4) is 0 Å². The van der Waals surface area contributed by atoms with Gasteiger partial charge in [-0.1, -0.05) is 0 Å². The second-order valence-corrected chi connectivity index (χ2v) is 13.9. The molecule has 0 aromatic carbocycles. The van der Waals surface area contributed by atoms with Gasteiger partial charge in [0.15, 0.2) is 35.1 Å². The molecule has 0 amide bonds. The third-order valence-electron chi connectivity index (χ3n) is 7.75. The SMILES string of the molecule is COP1(=O)OC[C@H]2O[C@@H](n3cnc4c(=O)[nH]c(N)nc43)C(OP(=O)(OC)OC[C@H]3O[C@@H](n4cnc5c(N)ncnc54)C(O1)[C@H]3O)[C@H]2O. The number of hydrogen-bond donors (Lipinski definition) is 5. The van der Waals surface area contributed by atoms with E-state index in [-0.39, 0.29) is 34.1 Å². The zero-order valence-electron chi connectivity index (χ0n) is 24.3. The van der Waals surface area contributed by atoms with Crippen molar-refractivity contribution >= 4 is 49.7 Å². The van der Waals surface area contributed by atoms with Crippen LogP contribution in [-0.2, 0) is 45.7 Å². The predicted molar refractivity (Wildman–Crippen MR) is 153 cm³/mol. The first-order valence-electron chi connectivity index (χ1n) is 13.7. The van der Waals surface area contributed by atoms with Crippen molar-refractivity contribution in [2.45, 2.75) is 49.1 Å². The van der Waals surface area contributed by atoms with Crippen molar-refractivity contribution in [1.82, 2.24) is 39.0 Å². The number of aliphatic hydroxyl groups is 2. The molecule has 4 unspecified atom stereocenters. The van der Waals surface area contributed by atoms with Gasteiger partial charge in [0.1, 0.15) is 48.5 Å². The maximum absolute atomic E-state index is 13.8. The molecule has 0 spiro atoms. The van der Waals surface area contributed by atoms with Gasteiger partial charge in [-0.05, 0) is 0 Å². The molecule has 10 atom stereocenters. The first-order chi connectivity index (χ1) is 22.4. The van der Waals surface area contributed by atoms with Gasteiger partial charge in [-0.2, -0.15) is 4.98 Å². The lowest BCUT2D eigenvalue weighted by Gasteiger charge is -2.27. The summed E-state index contributed by atoms with van der Waals surface area (Å²) in [4.78, 5) is 35.1. The number of nitrogen functional groups attached to an aromatic ring is 2. The van der Waals surface area contributed by atoms with Crippen molar-refractivity contribution < 1.29 is 56.0 Å². The van der Waals surface area contributed by atoms with Gasteiger partial charge in [-0.25, -0.2) is 29.1 Å². The summed E-state index contributed by atoms with van der Waals surface area (Å²) < 4.78 is 75.0. The van der Waals surface area contributed by atoms with Crippen LogP contribution in [0.3, 0.4) is 0 Å². The smallest absolute Gasteiger partial charge is 0.387 e. The van der Waals surface area contributed by atoms with E-state index in [1.54, 1.807) is 0 Å². The van der Waals surface area contributed by atoms with Gasteiger partial charge >= 0.3 is 15.6 Å². The van der Waals surface area contributed by atoms with Crippen LogP contribution < -0.4 is 17.0 Å². The average molecular weight is 702 g/mol. The second-order valence-electron chi connectivity index (χ2n) is 10.5. The third-order valence-corrected chi connectivity index (χ3v) is 10.6. The Labute approximate surface area is 262 Å². The molecule has 3 fully saturated rings. The topological polar surface area (TPSA) is 308 Å². The monoisotopic (exact) mass is 702 g/mol. The molecule has 3 aliphatic heterocycles. The standard InChI is InChI=1S/C22H28N10O13P2/c1-38-46(36)41-4-9-13(34)15(21(43-9)32-7-28-11-18(32)29-22(24)30-19(11)35)45-47(37,39-2)40-3-8-12(33)14(44-46)20(42-8)31-6-27-10-16(23)25-5-26-17(10)31/h5-9,12-15,20-21,33-34H,3-4H2,1-2H3,(H2,23,25,26)(H3,24,29,30,35)/t8-,9-,12+,13+,14?,15?,20-,21-,46?,47?/m1/s1. The maximum Gasteiger partial charge on any atom is 0.475 e. The zero-order chi connectivity index (χ0) is 33.2. The van der Waals surface area contributed by atoms with Gasteiger partial charge < -0.3 is 31.2 Å². The minimum Gasteiger partial charge on any atom is -0.387 e. The molecule has 3 aliphatic rings. The summed E-state index contributed by atoms with van der Waals surface area (Å²) in [5.74, 6) is -0.178. The summed E-state index contributed by atoms with van der Waals surface area (Å²) >= 11 is 0. The number of rotatable bonds is 4. The van der Waals surface area contributed by atoms with Crippen molar-refractivity contribution in [2.24, 2.45) is 0 Å². The van der Waals surface area contributed by atoms with E-state index in [0.29, 0.717) is 0 Å². The zero-order valence-corrected chi connectivity index (χ0v) is 26.1. The Bertz CT molecular complexity index is 1970. The highest BCUT2D eigenvalue weighted by Crippen LogP contribution is 2.57. The van der Waals surface area contributed by atoms with E-state index in [1.165, 1.54) is 28.1 Å². The fraction of sp³-hybridized carbons (Fsp3) is 0.545. The molecular formula is C22H28N10O13P2. The average Bonchev–Trinajstić information content (AvgIpc) is 3.80. The molecule has 0 radical (unpaired) electrons. The molecule has 47 heavy (non-hydrogen) atoms. The van der Waals surface area contributed by atoms with Crippen molar-refractivity contribution in [3.05, 3.63) is 29.3 Å². The fourth-order valence-electron chi connectivity index (χ4n) is 5.45. The summed E-state index contributed by atoms with van der Waals surface area (Å²) in [6.45, 7) is -1.29. The number of H-pyrrole nitrogens is 1. The van der Waals surface area contributed by atoms with E-state index < -0.39 is 83.5 Å². The molecule has 25 heteroatoms. The number of aromatic nitrogens is 8. The molecule has 4 bridgehead atoms. The molecule has 0 saturated carbocycles.